The van der Waals surface area contributed by atoms with E-state index in [0.29, 0.717) is 6.54 Å². The maximum Gasteiger partial charge on any atom is 0.260 e. The van der Waals surface area contributed by atoms with Gasteiger partial charge in [-0.05, 0) is 42.2 Å². The molecule has 138 valence electrons. The molecule has 2 aromatic carbocycles. The zero-order chi connectivity index (χ0) is 18.6. The van der Waals surface area contributed by atoms with Crippen LogP contribution in [-0.4, -0.2) is 35.5 Å². The van der Waals surface area contributed by atoms with E-state index in [1.807, 2.05) is 29.2 Å². The minimum atomic E-state index is 0.0335. The number of benzene rings is 2. The van der Waals surface area contributed by atoms with Crippen LogP contribution in [0.2, 0.25) is 0 Å². The third kappa shape index (κ3) is 3.75. The molecule has 1 N–H and O–H groups in total. The number of aryl methyl sites for hydroxylation is 1. The van der Waals surface area contributed by atoms with Gasteiger partial charge >= 0.3 is 0 Å². The topological polar surface area (TPSA) is 45.3 Å². The molecule has 0 unspecified atom stereocenters. The number of ether oxygens (including phenoxy) is 1. The molecule has 0 aliphatic carbocycles. The van der Waals surface area contributed by atoms with E-state index in [9.17, 15) is 4.79 Å². The lowest BCUT2D eigenvalue weighted by Gasteiger charge is -2.26. The van der Waals surface area contributed by atoms with Crippen molar-refractivity contribution in [2.24, 2.45) is 0 Å². The van der Waals surface area contributed by atoms with Gasteiger partial charge in [0, 0.05) is 35.8 Å². The first kappa shape index (κ1) is 17.4. The first-order valence-corrected chi connectivity index (χ1v) is 9.49. The normalized spacial score (nSPS) is 14.3. The second-order valence-electron chi connectivity index (χ2n) is 6.86. The van der Waals surface area contributed by atoms with Gasteiger partial charge in [-0.25, -0.2) is 0 Å². The van der Waals surface area contributed by atoms with Crippen LogP contribution in [0.25, 0.3) is 16.5 Å². The standard InChI is InChI=1S/C23H24N2O2/c1-2-17-6-5-7-19(14-17)27-16-23(26)25-12-10-18(11-13-25)21-15-24-22-9-4-3-8-20(21)22/h3-10,14-15,24H,2,11-13,16H2,1H3. The molecule has 4 heteroatoms. The van der Waals surface area contributed by atoms with E-state index in [0.717, 1.165) is 30.7 Å². The van der Waals surface area contributed by atoms with Gasteiger partial charge in [-0.15, -0.1) is 0 Å². The van der Waals surface area contributed by atoms with Crippen molar-refractivity contribution in [3.05, 3.63) is 71.9 Å². The number of rotatable bonds is 5. The van der Waals surface area contributed by atoms with Crippen LogP contribution >= 0.6 is 0 Å². The van der Waals surface area contributed by atoms with Crippen LogP contribution in [0.4, 0.5) is 0 Å². The summed E-state index contributed by atoms with van der Waals surface area (Å²) in [7, 11) is 0. The molecular weight excluding hydrogens is 336 g/mol. The monoisotopic (exact) mass is 360 g/mol. The number of carbonyl (C=O) groups excluding carboxylic acids is 1. The zero-order valence-corrected chi connectivity index (χ0v) is 15.6. The Morgan fingerprint density at radius 1 is 1.19 bits per heavy atom. The molecule has 2 heterocycles. The number of nitrogens with one attached hydrogen (secondary N) is 1. The number of para-hydroxylation sites is 1. The van der Waals surface area contributed by atoms with Crippen LogP contribution in [0.1, 0.15) is 24.5 Å². The van der Waals surface area contributed by atoms with Crippen molar-refractivity contribution in [2.75, 3.05) is 19.7 Å². The van der Waals surface area contributed by atoms with Gasteiger partial charge in [-0.3, -0.25) is 4.79 Å². The molecule has 1 aliphatic rings. The fraction of sp³-hybridized carbons (Fsp3) is 0.261. The fourth-order valence-corrected chi connectivity index (χ4v) is 3.57. The Kier molecular flexibility index (Phi) is 4.97. The first-order chi connectivity index (χ1) is 13.2. The summed E-state index contributed by atoms with van der Waals surface area (Å²) < 4.78 is 5.70. The van der Waals surface area contributed by atoms with Gasteiger partial charge in [0.15, 0.2) is 6.61 Å². The highest BCUT2D eigenvalue weighted by Gasteiger charge is 2.19. The van der Waals surface area contributed by atoms with Crippen molar-refractivity contribution in [1.82, 2.24) is 9.88 Å². The van der Waals surface area contributed by atoms with Crippen LogP contribution < -0.4 is 4.74 Å². The molecule has 0 bridgehead atoms. The zero-order valence-electron chi connectivity index (χ0n) is 15.6. The van der Waals surface area contributed by atoms with E-state index >= 15 is 0 Å². The Morgan fingerprint density at radius 3 is 2.89 bits per heavy atom. The lowest BCUT2D eigenvalue weighted by molar-refractivity contribution is -0.132. The van der Waals surface area contributed by atoms with E-state index in [2.05, 4.69) is 48.4 Å². The van der Waals surface area contributed by atoms with Crippen LogP contribution in [0.3, 0.4) is 0 Å². The molecule has 0 saturated heterocycles. The van der Waals surface area contributed by atoms with Crippen LogP contribution in [-0.2, 0) is 11.2 Å². The molecule has 1 aromatic heterocycles. The van der Waals surface area contributed by atoms with Crippen molar-refractivity contribution in [2.45, 2.75) is 19.8 Å². The molecule has 0 atom stereocenters. The Bertz CT molecular complexity index is 987. The fourth-order valence-electron chi connectivity index (χ4n) is 3.57. The summed E-state index contributed by atoms with van der Waals surface area (Å²) in [5, 5.41) is 1.24. The van der Waals surface area contributed by atoms with Crippen LogP contribution in [0.15, 0.2) is 60.8 Å². The van der Waals surface area contributed by atoms with Crippen molar-refractivity contribution in [3.8, 4) is 5.75 Å². The lowest BCUT2D eigenvalue weighted by Crippen LogP contribution is -2.37. The average molecular weight is 360 g/mol. The predicted molar refractivity (Wildman–Crippen MR) is 109 cm³/mol. The summed E-state index contributed by atoms with van der Waals surface area (Å²) in [6.45, 7) is 3.55. The van der Waals surface area contributed by atoms with Gasteiger partial charge < -0.3 is 14.6 Å². The minimum absolute atomic E-state index is 0.0335. The van der Waals surface area contributed by atoms with Crippen molar-refractivity contribution in [3.63, 3.8) is 0 Å². The number of aromatic nitrogens is 1. The van der Waals surface area contributed by atoms with Crippen molar-refractivity contribution < 1.29 is 9.53 Å². The van der Waals surface area contributed by atoms with Gasteiger partial charge in [-0.1, -0.05) is 43.3 Å². The highest BCUT2D eigenvalue weighted by Crippen LogP contribution is 2.29. The molecule has 0 fully saturated rings. The summed E-state index contributed by atoms with van der Waals surface area (Å²) >= 11 is 0. The van der Waals surface area contributed by atoms with E-state index in [1.54, 1.807) is 0 Å². The van der Waals surface area contributed by atoms with Crippen LogP contribution in [0, 0.1) is 0 Å². The maximum atomic E-state index is 12.5. The van der Waals surface area contributed by atoms with E-state index < -0.39 is 0 Å². The summed E-state index contributed by atoms with van der Waals surface area (Å²) in [5.41, 5.74) is 4.90. The van der Waals surface area contributed by atoms with Gasteiger partial charge in [0.1, 0.15) is 5.75 Å². The largest absolute Gasteiger partial charge is 0.484 e. The lowest BCUT2D eigenvalue weighted by atomic mass is 9.99. The summed E-state index contributed by atoms with van der Waals surface area (Å²) in [6.07, 6.45) is 6.05. The number of hydrogen-bond acceptors (Lipinski definition) is 2. The minimum Gasteiger partial charge on any atom is -0.484 e. The quantitative estimate of drug-likeness (QED) is 0.732. The summed E-state index contributed by atoms with van der Waals surface area (Å²) in [5.74, 6) is 0.792. The number of nitrogens with zero attached hydrogens (tertiary/aromatic N) is 1. The Morgan fingerprint density at radius 2 is 2.07 bits per heavy atom. The number of hydrogen-bond donors (Lipinski definition) is 1. The van der Waals surface area contributed by atoms with E-state index in [1.165, 1.54) is 22.1 Å². The van der Waals surface area contributed by atoms with Crippen molar-refractivity contribution in [1.29, 1.82) is 0 Å². The molecule has 0 radical (unpaired) electrons. The third-order valence-corrected chi connectivity index (χ3v) is 5.17. The highest BCUT2D eigenvalue weighted by atomic mass is 16.5. The summed E-state index contributed by atoms with van der Waals surface area (Å²) in [4.78, 5) is 17.7. The second-order valence-corrected chi connectivity index (χ2v) is 6.86. The molecule has 4 rings (SSSR count). The number of H-pyrrole nitrogens is 1. The molecule has 1 amide bonds. The summed E-state index contributed by atoms with van der Waals surface area (Å²) in [6, 6.07) is 16.3. The number of amides is 1. The Balaban J connectivity index is 1.38. The number of fused-ring (bicyclic) bond motifs is 1. The van der Waals surface area contributed by atoms with Gasteiger partial charge in [-0.2, -0.15) is 0 Å². The van der Waals surface area contributed by atoms with Crippen LogP contribution in [0.5, 0.6) is 5.75 Å². The molecule has 27 heavy (non-hydrogen) atoms. The average Bonchev–Trinajstić information content (AvgIpc) is 3.16. The Hall–Kier alpha value is -3.01. The first-order valence-electron chi connectivity index (χ1n) is 9.49. The van der Waals surface area contributed by atoms with Gasteiger partial charge in [0.05, 0.1) is 0 Å². The van der Waals surface area contributed by atoms with E-state index in [-0.39, 0.29) is 12.5 Å². The number of carbonyl (C=O) groups is 1. The van der Waals surface area contributed by atoms with Gasteiger partial charge in [0.25, 0.3) is 5.91 Å². The molecule has 3 aromatic rings. The predicted octanol–water partition coefficient (Wildman–Crippen LogP) is 4.43. The smallest absolute Gasteiger partial charge is 0.260 e. The Labute approximate surface area is 159 Å². The number of aromatic amines is 1. The van der Waals surface area contributed by atoms with Gasteiger partial charge in [0.2, 0.25) is 0 Å². The third-order valence-electron chi connectivity index (χ3n) is 5.17. The SMILES string of the molecule is CCc1cccc(OCC(=O)N2CC=C(c3c[nH]c4ccccc34)CC2)c1. The van der Waals surface area contributed by atoms with Crippen molar-refractivity contribution >= 4 is 22.4 Å². The maximum absolute atomic E-state index is 12.5. The molecule has 1 aliphatic heterocycles. The molecule has 0 spiro atoms. The molecule has 4 nitrogen and oxygen atoms in total. The molecular formula is C23H24N2O2. The van der Waals surface area contributed by atoms with E-state index in [4.69, 9.17) is 4.74 Å². The second kappa shape index (κ2) is 7.70. The molecule has 0 saturated carbocycles. The highest BCUT2D eigenvalue weighted by molar-refractivity contribution is 5.93.